The molecule has 0 spiro atoms. The zero-order valence-corrected chi connectivity index (χ0v) is 18.6. The van der Waals surface area contributed by atoms with E-state index in [0.29, 0.717) is 35.9 Å². The van der Waals surface area contributed by atoms with Crippen molar-refractivity contribution >= 4 is 17.5 Å². The number of hydrogen-bond acceptors (Lipinski definition) is 3. The number of anilines is 1. The molecule has 0 aliphatic carbocycles. The van der Waals surface area contributed by atoms with Gasteiger partial charge in [0.1, 0.15) is 5.75 Å². The van der Waals surface area contributed by atoms with Crippen molar-refractivity contribution in [3.8, 4) is 5.75 Å². The van der Waals surface area contributed by atoms with Crippen molar-refractivity contribution in [3.05, 3.63) is 95.6 Å². The molecule has 2 N–H and O–H groups in total. The molecule has 0 atom stereocenters. The molecule has 0 saturated heterocycles. The summed E-state index contributed by atoms with van der Waals surface area (Å²) in [7, 11) is 0. The predicted octanol–water partition coefficient (Wildman–Crippen LogP) is 5.34. The van der Waals surface area contributed by atoms with Gasteiger partial charge < -0.3 is 15.4 Å². The Kier molecular flexibility index (Phi) is 8.44. The van der Waals surface area contributed by atoms with E-state index in [9.17, 15) is 9.59 Å². The SMILES string of the molecule is CC(C)CCOc1ccc(C(=O)Nc2ccccc2C(=O)NCCc2ccccc2)cc1. The van der Waals surface area contributed by atoms with E-state index in [-0.39, 0.29) is 11.8 Å². The second-order valence-electron chi connectivity index (χ2n) is 8.05. The van der Waals surface area contributed by atoms with Crippen LogP contribution in [0.1, 0.15) is 46.5 Å². The lowest BCUT2D eigenvalue weighted by Gasteiger charge is -2.12. The summed E-state index contributed by atoms with van der Waals surface area (Å²) in [6, 6.07) is 24.0. The fourth-order valence-electron chi connectivity index (χ4n) is 3.16. The van der Waals surface area contributed by atoms with E-state index in [4.69, 9.17) is 4.74 Å². The van der Waals surface area contributed by atoms with E-state index in [2.05, 4.69) is 24.5 Å². The minimum atomic E-state index is -0.275. The first-order chi connectivity index (χ1) is 15.5. The van der Waals surface area contributed by atoms with Crippen molar-refractivity contribution in [1.29, 1.82) is 0 Å². The molecule has 3 aromatic rings. The van der Waals surface area contributed by atoms with Gasteiger partial charge in [-0.15, -0.1) is 0 Å². The van der Waals surface area contributed by atoms with Gasteiger partial charge in [-0.1, -0.05) is 56.3 Å². The highest BCUT2D eigenvalue weighted by molar-refractivity contribution is 6.09. The van der Waals surface area contributed by atoms with Crippen LogP contribution in [0.5, 0.6) is 5.75 Å². The molecule has 3 aromatic carbocycles. The summed E-state index contributed by atoms with van der Waals surface area (Å²) >= 11 is 0. The minimum absolute atomic E-state index is 0.217. The first kappa shape index (κ1) is 23.1. The molecule has 166 valence electrons. The van der Waals surface area contributed by atoms with Gasteiger partial charge in [0, 0.05) is 12.1 Å². The van der Waals surface area contributed by atoms with Gasteiger partial charge >= 0.3 is 0 Å². The quantitative estimate of drug-likeness (QED) is 0.456. The summed E-state index contributed by atoms with van der Waals surface area (Å²) in [6.07, 6.45) is 1.72. The number of carbonyl (C=O) groups is 2. The van der Waals surface area contributed by atoms with Crippen molar-refractivity contribution in [3.63, 3.8) is 0 Å². The van der Waals surface area contributed by atoms with Crippen molar-refractivity contribution in [2.75, 3.05) is 18.5 Å². The Hall–Kier alpha value is -3.60. The van der Waals surface area contributed by atoms with Crippen LogP contribution in [0.4, 0.5) is 5.69 Å². The molecule has 0 aromatic heterocycles. The molecule has 0 aliphatic rings. The standard InChI is InChI=1S/C27H30N2O3/c1-20(2)17-19-32-23-14-12-22(13-15-23)26(30)29-25-11-7-6-10-24(25)27(31)28-18-16-21-8-4-3-5-9-21/h3-15,20H,16-19H2,1-2H3,(H,28,31)(H,29,30). The van der Waals surface area contributed by atoms with Crippen molar-refractivity contribution in [2.45, 2.75) is 26.7 Å². The van der Waals surface area contributed by atoms with E-state index < -0.39 is 0 Å². The van der Waals surface area contributed by atoms with Gasteiger partial charge in [-0.2, -0.15) is 0 Å². The van der Waals surface area contributed by atoms with E-state index in [1.165, 1.54) is 0 Å². The van der Waals surface area contributed by atoms with Gasteiger partial charge in [-0.3, -0.25) is 9.59 Å². The van der Waals surface area contributed by atoms with Gasteiger partial charge in [-0.25, -0.2) is 0 Å². The molecule has 5 nitrogen and oxygen atoms in total. The van der Waals surface area contributed by atoms with Crippen LogP contribution in [0.15, 0.2) is 78.9 Å². The van der Waals surface area contributed by atoms with Crippen LogP contribution in [0.25, 0.3) is 0 Å². The molecule has 0 fully saturated rings. The molecular formula is C27H30N2O3. The molecule has 0 aliphatic heterocycles. The van der Waals surface area contributed by atoms with Crippen LogP contribution >= 0.6 is 0 Å². The van der Waals surface area contributed by atoms with Crippen molar-refractivity contribution < 1.29 is 14.3 Å². The van der Waals surface area contributed by atoms with E-state index in [1.54, 1.807) is 48.5 Å². The monoisotopic (exact) mass is 430 g/mol. The Labute approximate surface area is 189 Å². The summed E-state index contributed by atoms with van der Waals surface area (Å²) in [5.41, 5.74) is 2.57. The summed E-state index contributed by atoms with van der Waals surface area (Å²) in [5.74, 6) is 0.824. The normalized spacial score (nSPS) is 10.6. The highest BCUT2D eigenvalue weighted by atomic mass is 16.5. The first-order valence-corrected chi connectivity index (χ1v) is 11.0. The maximum Gasteiger partial charge on any atom is 0.255 e. The molecule has 0 saturated carbocycles. The number of nitrogens with one attached hydrogen (secondary N) is 2. The number of para-hydroxylation sites is 1. The van der Waals surface area contributed by atoms with Crippen LogP contribution in [-0.4, -0.2) is 25.0 Å². The second-order valence-corrected chi connectivity index (χ2v) is 8.05. The Morgan fingerprint density at radius 3 is 2.25 bits per heavy atom. The Balaban J connectivity index is 1.57. The van der Waals surface area contributed by atoms with Gasteiger partial charge in [0.25, 0.3) is 11.8 Å². The van der Waals surface area contributed by atoms with E-state index in [1.807, 2.05) is 30.3 Å². The van der Waals surface area contributed by atoms with E-state index >= 15 is 0 Å². The van der Waals surface area contributed by atoms with Crippen molar-refractivity contribution in [2.24, 2.45) is 5.92 Å². The van der Waals surface area contributed by atoms with Gasteiger partial charge in [0.05, 0.1) is 17.9 Å². The third-order valence-electron chi connectivity index (χ3n) is 5.04. The Morgan fingerprint density at radius 2 is 1.53 bits per heavy atom. The first-order valence-electron chi connectivity index (χ1n) is 11.0. The highest BCUT2D eigenvalue weighted by Gasteiger charge is 2.14. The van der Waals surface area contributed by atoms with Crippen LogP contribution in [0, 0.1) is 5.92 Å². The molecule has 0 unspecified atom stereocenters. The summed E-state index contributed by atoms with van der Waals surface area (Å²) in [4.78, 5) is 25.4. The largest absolute Gasteiger partial charge is 0.494 e. The number of rotatable bonds is 10. The third kappa shape index (κ3) is 6.98. The molecule has 0 bridgehead atoms. The molecule has 5 heteroatoms. The molecule has 32 heavy (non-hydrogen) atoms. The van der Waals surface area contributed by atoms with Crippen molar-refractivity contribution in [1.82, 2.24) is 5.32 Å². The average molecular weight is 431 g/mol. The van der Waals surface area contributed by atoms with Gasteiger partial charge in [0.2, 0.25) is 0 Å². The fourth-order valence-corrected chi connectivity index (χ4v) is 3.16. The lowest BCUT2D eigenvalue weighted by molar-refractivity contribution is 0.0955. The fraction of sp³-hybridized carbons (Fsp3) is 0.259. The molecule has 3 rings (SSSR count). The molecule has 0 radical (unpaired) electrons. The highest BCUT2D eigenvalue weighted by Crippen LogP contribution is 2.18. The van der Waals surface area contributed by atoms with Crippen LogP contribution in [0.2, 0.25) is 0 Å². The number of ether oxygens (including phenoxy) is 1. The number of carbonyl (C=O) groups excluding carboxylic acids is 2. The average Bonchev–Trinajstić information content (AvgIpc) is 2.80. The maximum atomic E-state index is 12.7. The molecule has 0 heterocycles. The minimum Gasteiger partial charge on any atom is -0.494 e. The van der Waals surface area contributed by atoms with E-state index in [0.717, 1.165) is 24.2 Å². The Morgan fingerprint density at radius 1 is 0.844 bits per heavy atom. The third-order valence-corrected chi connectivity index (χ3v) is 5.04. The predicted molar refractivity (Wildman–Crippen MR) is 128 cm³/mol. The summed E-state index contributed by atoms with van der Waals surface area (Å²) in [5, 5.41) is 5.78. The summed E-state index contributed by atoms with van der Waals surface area (Å²) in [6.45, 7) is 5.47. The number of amides is 2. The van der Waals surface area contributed by atoms with Crippen LogP contribution < -0.4 is 15.4 Å². The van der Waals surface area contributed by atoms with Crippen LogP contribution in [0.3, 0.4) is 0 Å². The second kappa shape index (κ2) is 11.7. The zero-order valence-electron chi connectivity index (χ0n) is 18.6. The van der Waals surface area contributed by atoms with Crippen LogP contribution in [-0.2, 0) is 6.42 Å². The maximum absolute atomic E-state index is 12.7. The lowest BCUT2D eigenvalue weighted by Crippen LogP contribution is -2.27. The number of hydrogen-bond donors (Lipinski definition) is 2. The summed E-state index contributed by atoms with van der Waals surface area (Å²) < 4.78 is 5.71. The smallest absolute Gasteiger partial charge is 0.255 e. The van der Waals surface area contributed by atoms with Gasteiger partial charge in [-0.05, 0) is 60.7 Å². The van der Waals surface area contributed by atoms with Gasteiger partial charge in [0.15, 0.2) is 0 Å². The molecule has 2 amide bonds. The topological polar surface area (TPSA) is 67.4 Å². The Bertz CT molecular complexity index is 1010. The number of benzene rings is 3. The lowest BCUT2D eigenvalue weighted by atomic mass is 10.1. The zero-order chi connectivity index (χ0) is 22.8. The molecular weight excluding hydrogens is 400 g/mol.